The highest BCUT2D eigenvalue weighted by Gasteiger charge is 2.20. The van der Waals surface area contributed by atoms with Crippen LogP contribution in [0.25, 0.3) is 22.0 Å². The number of aryl methyl sites for hydroxylation is 1. The van der Waals surface area contributed by atoms with Crippen molar-refractivity contribution >= 4 is 10.8 Å². The van der Waals surface area contributed by atoms with Gasteiger partial charge in [-0.25, -0.2) is 0 Å². The van der Waals surface area contributed by atoms with Gasteiger partial charge in [-0.1, -0.05) is 0 Å². The highest BCUT2D eigenvalue weighted by molar-refractivity contribution is 5.89. The third-order valence-corrected chi connectivity index (χ3v) is 4.81. The van der Waals surface area contributed by atoms with E-state index in [0.29, 0.717) is 23.4 Å². The van der Waals surface area contributed by atoms with Gasteiger partial charge in [0.15, 0.2) is 11.5 Å². The molecule has 2 heterocycles. The minimum Gasteiger partial charge on any atom is -0.497 e. The summed E-state index contributed by atoms with van der Waals surface area (Å²) in [7, 11) is 4.83. The average Bonchev–Trinajstić information content (AvgIpc) is 2.66. The van der Waals surface area contributed by atoms with E-state index in [2.05, 4.69) is 0 Å². The molecule has 1 aliphatic rings. The van der Waals surface area contributed by atoms with Gasteiger partial charge in [0.05, 0.1) is 32.4 Å². The molecule has 2 aromatic carbocycles. The van der Waals surface area contributed by atoms with Gasteiger partial charge in [-0.2, -0.15) is 0 Å². The maximum absolute atomic E-state index is 13.0. The molecule has 3 aromatic rings. The molecule has 0 saturated carbocycles. The number of fused-ring (bicyclic) bond motifs is 4. The molecule has 0 amide bonds. The van der Waals surface area contributed by atoms with Crippen molar-refractivity contribution in [1.29, 1.82) is 0 Å². The van der Waals surface area contributed by atoms with E-state index in [0.717, 1.165) is 28.8 Å². The summed E-state index contributed by atoms with van der Waals surface area (Å²) in [5.74, 6) is 2.01. The Morgan fingerprint density at radius 3 is 2.40 bits per heavy atom. The van der Waals surface area contributed by atoms with Crippen LogP contribution >= 0.6 is 0 Å². The smallest absolute Gasteiger partial charge is 0.259 e. The molecule has 5 nitrogen and oxygen atoms in total. The monoisotopic (exact) mass is 337 g/mol. The van der Waals surface area contributed by atoms with Gasteiger partial charge in [-0.3, -0.25) is 4.79 Å². The summed E-state index contributed by atoms with van der Waals surface area (Å²) in [6.45, 7) is 0.651. The second-order valence-corrected chi connectivity index (χ2v) is 6.05. The van der Waals surface area contributed by atoms with Gasteiger partial charge in [-0.15, -0.1) is 0 Å². The lowest BCUT2D eigenvalue weighted by Crippen LogP contribution is -2.26. The Morgan fingerprint density at radius 1 is 0.920 bits per heavy atom. The van der Waals surface area contributed by atoms with Crippen LogP contribution in [0.5, 0.6) is 17.2 Å². The summed E-state index contributed by atoms with van der Waals surface area (Å²) >= 11 is 0. The van der Waals surface area contributed by atoms with Crippen molar-refractivity contribution in [3.05, 3.63) is 52.3 Å². The Labute approximate surface area is 145 Å². The van der Waals surface area contributed by atoms with Gasteiger partial charge in [0.2, 0.25) is 0 Å². The second kappa shape index (κ2) is 5.84. The summed E-state index contributed by atoms with van der Waals surface area (Å²) < 4.78 is 17.9. The van der Waals surface area contributed by atoms with Crippen molar-refractivity contribution in [2.45, 2.75) is 13.0 Å². The fourth-order valence-electron chi connectivity index (χ4n) is 3.51. The molecule has 0 N–H and O–H groups in total. The van der Waals surface area contributed by atoms with E-state index >= 15 is 0 Å². The van der Waals surface area contributed by atoms with E-state index in [1.807, 2.05) is 34.9 Å². The van der Waals surface area contributed by atoms with Crippen LogP contribution < -0.4 is 19.8 Å². The van der Waals surface area contributed by atoms with E-state index in [4.69, 9.17) is 14.2 Å². The van der Waals surface area contributed by atoms with Gasteiger partial charge in [0.1, 0.15) is 5.75 Å². The highest BCUT2D eigenvalue weighted by atomic mass is 16.5. The van der Waals surface area contributed by atoms with Gasteiger partial charge < -0.3 is 18.8 Å². The number of methoxy groups -OCH3 is 3. The quantitative estimate of drug-likeness (QED) is 0.736. The molecule has 0 bridgehead atoms. The lowest BCUT2D eigenvalue weighted by Gasteiger charge is -2.23. The Bertz CT molecular complexity index is 1040. The van der Waals surface area contributed by atoms with Crippen LogP contribution in [0.3, 0.4) is 0 Å². The summed E-state index contributed by atoms with van der Waals surface area (Å²) in [4.78, 5) is 13.0. The zero-order chi connectivity index (χ0) is 17.6. The predicted molar refractivity (Wildman–Crippen MR) is 97.0 cm³/mol. The minimum atomic E-state index is -0.00470. The predicted octanol–water partition coefficient (Wildman–Crippen LogP) is 3.25. The number of rotatable bonds is 3. The maximum Gasteiger partial charge on any atom is 0.259 e. The largest absolute Gasteiger partial charge is 0.497 e. The molecule has 0 radical (unpaired) electrons. The van der Waals surface area contributed by atoms with Crippen LogP contribution in [0.2, 0.25) is 0 Å². The minimum absolute atomic E-state index is 0.00470. The first-order valence-electron chi connectivity index (χ1n) is 8.13. The van der Waals surface area contributed by atoms with E-state index in [-0.39, 0.29) is 5.56 Å². The Kier molecular flexibility index (Phi) is 3.64. The van der Waals surface area contributed by atoms with E-state index in [1.165, 1.54) is 5.56 Å². The van der Waals surface area contributed by atoms with Crippen molar-refractivity contribution in [2.24, 2.45) is 0 Å². The zero-order valence-electron chi connectivity index (χ0n) is 14.5. The lowest BCUT2D eigenvalue weighted by atomic mass is 9.95. The van der Waals surface area contributed by atoms with Gasteiger partial charge >= 0.3 is 0 Å². The van der Waals surface area contributed by atoms with Crippen LogP contribution in [0.15, 0.2) is 41.2 Å². The summed E-state index contributed by atoms with van der Waals surface area (Å²) in [5.41, 5.74) is 3.18. The summed E-state index contributed by atoms with van der Waals surface area (Å²) in [6.07, 6.45) is 0.804. The molecule has 1 aliphatic heterocycles. The maximum atomic E-state index is 13.0. The van der Waals surface area contributed by atoms with Crippen LogP contribution in [0, 0.1) is 0 Å². The van der Waals surface area contributed by atoms with Crippen LogP contribution in [-0.2, 0) is 13.0 Å². The van der Waals surface area contributed by atoms with E-state index in [1.54, 1.807) is 27.4 Å². The topological polar surface area (TPSA) is 49.7 Å². The SMILES string of the molecule is COc1ccc2c(c1)CCn1c-2cc2cc(OC)c(OC)cc2c1=O. The standard InChI is InChI=1S/C20H19NO4/c1-23-14-4-5-15-12(8-14)6-7-21-17(15)9-13-10-18(24-2)19(25-3)11-16(13)20(21)22/h4-5,8-11H,6-7H2,1-3H3. The molecule has 4 rings (SSSR count). The summed E-state index contributed by atoms with van der Waals surface area (Å²) in [5, 5.41) is 1.48. The van der Waals surface area contributed by atoms with Gasteiger partial charge in [-0.05, 0) is 53.8 Å². The van der Waals surface area contributed by atoms with Gasteiger partial charge in [0, 0.05) is 12.1 Å². The molecule has 0 unspecified atom stereocenters. The Balaban J connectivity index is 2.00. The number of hydrogen-bond acceptors (Lipinski definition) is 4. The van der Waals surface area contributed by atoms with Gasteiger partial charge in [0.25, 0.3) is 5.56 Å². The molecule has 0 spiro atoms. The van der Waals surface area contributed by atoms with Crippen molar-refractivity contribution in [3.63, 3.8) is 0 Å². The molecule has 0 fully saturated rings. The van der Waals surface area contributed by atoms with Crippen molar-refractivity contribution < 1.29 is 14.2 Å². The fourth-order valence-corrected chi connectivity index (χ4v) is 3.51. The molecule has 0 atom stereocenters. The first-order chi connectivity index (χ1) is 12.2. The molecule has 128 valence electrons. The van der Waals surface area contributed by atoms with E-state index in [9.17, 15) is 4.79 Å². The fraction of sp³-hybridized carbons (Fsp3) is 0.250. The lowest BCUT2D eigenvalue weighted by molar-refractivity contribution is 0.356. The number of benzene rings is 2. The number of aromatic nitrogens is 1. The average molecular weight is 337 g/mol. The molecular weight excluding hydrogens is 318 g/mol. The Hall–Kier alpha value is -2.95. The number of pyridine rings is 1. The normalized spacial score (nSPS) is 12.4. The first-order valence-corrected chi connectivity index (χ1v) is 8.13. The molecule has 25 heavy (non-hydrogen) atoms. The number of hydrogen-bond donors (Lipinski definition) is 0. The van der Waals surface area contributed by atoms with Crippen molar-refractivity contribution in [3.8, 4) is 28.5 Å². The molecule has 0 saturated heterocycles. The Morgan fingerprint density at radius 2 is 1.68 bits per heavy atom. The number of ether oxygens (including phenoxy) is 3. The molecule has 0 aliphatic carbocycles. The molecule has 5 heteroatoms. The highest BCUT2D eigenvalue weighted by Crippen LogP contribution is 2.35. The molecule has 1 aromatic heterocycles. The summed E-state index contributed by atoms with van der Waals surface area (Å²) in [6, 6.07) is 11.6. The van der Waals surface area contributed by atoms with E-state index < -0.39 is 0 Å². The van der Waals surface area contributed by atoms with Crippen molar-refractivity contribution in [2.75, 3.05) is 21.3 Å². The van der Waals surface area contributed by atoms with Crippen LogP contribution in [0.4, 0.5) is 0 Å². The third kappa shape index (κ3) is 2.35. The molecular formula is C20H19NO4. The third-order valence-electron chi connectivity index (χ3n) is 4.81. The van der Waals surface area contributed by atoms with Crippen LogP contribution in [-0.4, -0.2) is 25.9 Å². The number of nitrogens with zero attached hydrogens (tertiary/aromatic N) is 1. The zero-order valence-corrected chi connectivity index (χ0v) is 14.5. The first kappa shape index (κ1) is 15.6. The second-order valence-electron chi connectivity index (χ2n) is 6.05. The van der Waals surface area contributed by atoms with Crippen molar-refractivity contribution in [1.82, 2.24) is 4.57 Å². The van der Waals surface area contributed by atoms with Crippen LogP contribution in [0.1, 0.15) is 5.56 Å².